The Morgan fingerprint density at radius 2 is 2.29 bits per heavy atom. The summed E-state index contributed by atoms with van der Waals surface area (Å²) in [6, 6.07) is 0.707. The summed E-state index contributed by atoms with van der Waals surface area (Å²) in [4.78, 5) is 2.11. The maximum Gasteiger partial charge on any atom is 0.319 e. The fraction of sp³-hybridized carbons (Fsp3) is 0.778. The molecule has 2 rings (SSSR count). The van der Waals surface area contributed by atoms with Crippen molar-refractivity contribution in [2.45, 2.75) is 20.3 Å². The minimum absolute atomic E-state index is 0.146. The molecule has 2 heterocycles. The number of anilines is 2. The maximum absolute atomic E-state index is 5.37. The number of nitrogens with zero attached hydrogens (tertiary/aromatic N) is 3. The Morgan fingerprint density at radius 1 is 1.50 bits per heavy atom. The van der Waals surface area contributed by atoms with Gasteiger partial charge in [-0.3, -0.25) is 0 Å². The van der Waals surface area contributed by atoms with E-state index in [1.165, 1.54) is 6.42 Å². The molecule has 0 spiro atoms. The zero-order valence-corrected chi connectivity index (χ0v) is 8.60. The second kappa shape index (κ2) is 3.48. The van der Waals surface area contributed by atoms with E-state index < -0.39 is 0 Å². The zero-order chi connectivity index (χ0) is 10.1. The second-order valence-corrected chi connectivity index (χ2v) is 4.16. The molecule has 1 atom stereocenters. The van der Waals surface area contributed by atoms with Crippen LogP contribution in [0.25, 0.3) is 0 Å². The Labute approximate surface area is 83.3 Å². The normalized spacial score (nSPS) is 22.2. The van der Waals surface area contributed by atoms with Crippen LogP contribution in [-0.4, -0.2) is 23.3 Å². The first-order chi connectivity index (χ1) is 6.66. The molecule has 1 fully saturated rings. The predicted octanol–water partition coefficient (Wildman–Crippen LogP) is 1.13. The molecule has 78 valence electrons. The smallest absolute Gasteiger partial charge is 0.319 e. The summed E-state index contributed by atoms with van der Waals surface area (Å²) >= 11 is 0. The summed E-state index contributed by atoms with van der Waals surface area (Å²) < 4.78 is 5.18. The lowest BCUT2D eigenvalue weighted by atomic mass is 9.95. The topological polar surface area (TPSA) is 68.2 Å². The van der Waals surface area contributed by atoms with Gasteiger partial charge in [0, 0.05) is 13.1 Å². The lowest BCUT2D eigenvalue weighted by Gasteiger charge is -2.15. The van der Waals surface area contributed by atoms with E-state index in [1.54, 1.807) is 0 Å². The van der Waals surface area contributed by atoms with E-state index in [0.717, 1.165) is 19.0 Å². The first-order valence-corrected chi connectivity index (χ1v) is 5.00. The lowest BCUT2D eigenvalue weighted by Crippen LogP contribution is -2.21. The molecule has 0 saturated carbocycles. The summed E-state index contributed by atoms with van der Waals surface area (Å²) in [6.07, 6.45) is 1.19. The average Bonchev–Trinajstić information content (AvgIpc) is 2.70. The Bertz CT molecular complexity index is 310. The first kappa shape index (κ1) is 9.30. The predicted molar refractivity (Wildman–Crippen MR) is 53.9 cm³/mol. The van der Waals surface area contributed by atoms with Crippen molar-refractivity contribution in [3.05, 3.63) is 0 Å². The lowest BCUT2D eigenvalue weighted by molar-refractivity contribution is 0.420. The summed E-state index contributed by atoms with van der Waals surface area (Å²) in [7, 11) is 0. The molecule has 5 heteroatoms. The highest BCUT2D eigenvalue weighted by molar-refractivity contribution is 5.29. The van der Waals surface area contributed by atoms with Crippen molar-refractivity contribution < 1.29 is 4.42 Å². The fourth-order valence-corrected chi connectivity index (χ4v) is 1.86. The van der Waals surface area contributed by atoms with Gasteiger partial charge >= 0.3 is 12.0 Å². The van der Waals surface area contributed by atoms with Gasteiger partial charge in [0.1, 0.15) is 0 Å². The number of rotatable bonds is 2. The molecular formula is C9H16N4O. The Morgan fingerprint density at radius 3 is 2.79 bits per heavy atom. The fourth-order valence-electron chi connectivity index (χ4n) is 1.86. The zero-order valence-electron chi connectivity index (χ0n) is 8.60. The van der Waals surface area contributed by atoms with E-state index in [9.17, 15) is 0 Å². The van der Waals surface area contributed by atoms with Crippen LogP contribution in [-0.2, 0) is 0 Å². The standard InChI is InChI=1S/C9H16N4O/c1-6(2)7-3-4-13(5-7)9-12-11-8(10)14-9/h6-7H,3-5H2,1-2H3,(H2,10,11). The number of nitrogens with two attached hydrogens (primary N) is 1. The highest BCUT2D eigenvalue weighted by Crippen LogP contribution is 2.27. The van der Waals surface area contributed by atoms with Crippen molar-refractivity contribution >= 4 is 12.0 Å². The Hall–Kier alpha value is -1.26. The van der Waals surface area contributed by atoms with Gasteiger partial charge in [-0.2, -0.15) is 0 Å². The van der Waals surface area contributed by atoms with Gasteiger partial charge < -0.3 is 15.1 Å². The number of nitrogen functional groups attached to an aromatic ring is 1. The SMILES string of the molecule is CC(C)C1CCN(c2nnc(N)o2)C1. The van der Waals surface area contributed by atoms with Crippen LogP contribution in [0.5, 0.6) is 0 Å². The second-order valence-electron chi connectivity index (χ2n) is 4.16. The van der Waals surface area contributed by atoms with Crippen molar-refractivity contribution in [2.75, 3.05) is 23.7 Å². The quantitative estimate of drug-likeness (QED) is 0.768. The van der Waals surface area contributed by atoms with Crippen LogP contribution in [0.4, 0.5) is 12.0 Å². The highest BCUT2D eigenvalue weighted by Gasteiger charge is 2.27. The highest BCUT2D eigenvalue weighted by atomic mass is 16.4. The average molecular weight is 196 g/mol. The van der Waals surface area contributed by atoms with E-state index in [-0.39, 0.29) is 6.01 Å². The first-order valence-electron chi connectivity index (χ1n) is 5.00. The Kier molecular flexibility index (Phi) is 2.31. The molecule has 1 aromatic rings. The van der Waals surface area contributed by atoms with Crippen molar-refractivity contribution in [3.63, 3.8) is 0 Å². The van der Waals surface area contributed by atoms with E-state index in [1.807, 2.05) is 0 Å². The van der Waals surface area contributed by atoms with E-state index in [2.05, 4.69) is 28.9 Å². The minimum atomic E-state index is 0.146. The van der Waals surface area contributed by atoms with Crippen LogP contribution in [0.15, 0.2) is 4.42 Å². The van der Waals surface area contributed by atoms with Crippen LogP contribution in [0.3, 0.4) is 0 Å². The van der Waals surface area contributed by atoms with Gasteiger partial charge in [-0.15, -0.1) is 0 Å². The molecule has 2 N–H and O–H groups in total. The molecule has 5 nitrogen and oxygen atoms in total. The van der Waals surface area contributed by atoms with Crippen molar-refractivity contribution in [3.8, 4) is 0 Å². The third kappa shape index (κ3) is 1.66. The summed E-state index contributed by atoms with van der Waals surface area (Å²) in [5.41, 5.74) is 5.37. The van der Waals surface area contributed by atoms with Gasteiger partial charge in [0.15, 0.2) is 0 Å². The minimum Gasteiger partial charge on any atom is -0.390 e. The number of hydrogen-bond donors (Lipinski definition) is 1. The number of aromatic nitrogens is 2. The molecule has 0 radical (unpaired) electrons. The summed E-state index contributed by atoms with van der Waals surface area (Å²) in [5, 5.41) is 7.53. The molecule has 0 aromatic carbocycles. The van der Waals surface area contributed by atoms with Gasteiger partial charge in [-0.25, -0.2) is 0 Å². The van der Waals surface area contributed by atoms with Gasteiger partial charge in [-0.1, -0.05) is 24.0 Å². The van der Waals surface area contributed by atoms with Gasteiger partial charge in [0.05, 0.1) is 0 Å². The summed E-state index contributed by atoms with van der Waals surface area (Å²) in [6.45, 7) is 6.48. The van der Waals surface area contributed by atoms with Crippen molar-refractivity contribution in [1.29, 1.82) is 0 Å². The molecule has 1 aliphatic rings. The molecule has 1 aliphatic heterocycles. The van der Waals surface area contributed by atoms with Crippen LogP contribution in [0, 0.1) is 11.8 Å². The largest absolute Gasteiger partial charge is 0.390 e. The molecule has 0 amide bonds. The Balaban J connectivity index is 2.02. The van der Waals surface area contributed by atoms with Crippen LogP contribution >= 0.6 is 0 Å². The molecule has 1 saturated heterocycles. The summed E-state index contributed by atoms with van der Waals surface area (Å²) in [5.74, 6) is 1.43. The van der Waals surface area contributed by atoms with Gasteiger partial charge in [0.2, 0.25) is 0 Å². The monoisotopic (exact) mass is 196 g/mol. The van der Waals surface area contributed by atoms with Crippen molar-refractivity contribution in [1.82, 2.24) is 10.2 Å². The van der Waals surface area contributed by atoms with Crippen molar-refractivity contribution in [2.24, 2.45) is 11.8 Å². The van der Waals surface area contributed by atoms with Crippen LogP contribution in [0.2, 0.25) is 0 Å². The molecule has 1 aromatic heterocycles. The molecular weight excluding hydrogens is 180 g/mol. The van der Waals surface area contributed by atoms with Gasteiger partial charge in [0.25, 0.3) is 0 Å². The van der Waals surface area contributed by atoms with Gasteiger partial charge in [-0.05, 0) is 18.3 Å². The molecule has 14 heavy (non-hydrogen) atoms. The van der Waals surface area contributed by atoms with Crippen LogP contribution < -0.4 is 10.6 Å². The third-order valence-electron chi connectivity index (χ3n) is 2.87. The third-order valence-corrected chi connectivity index (χ3v) is 2.87. The molecule has 0 aliphatic carbocycles. The molecule has 0 bridgehead atoms. The van der Waals surface area contributed by atoms with E-state index in [0.29, 0.717) is 11.9 Å². The number of hydrogen-bond acceptors (Lipinski definition) is 5. The maximum atomic E-state index is 5.37. The van der Waals surface area contributed by atoms with E-state index >= 15 is 0 Å². The van der Waals surface area contributed by atoms with E-state index in [4.69, 9.17) is 10.2 Å². The molecule has 1 unspecified atom stereocenters. The van der Waals surface area contributed by atoms with Crippen LogP contribution in [0.1, 0.15) is 20.3 Å².